The zero-order valence-corrected chi connectivity index (χ0v) is 13.6. The third-order valence-corrected chi connectivity index (χ3v) is 2.36. The summed E-state index contributed by atoms with van der Waals surface area (Å²) in [6.07, 6.45) is 0. The Morgan fingerprint density at radius 1 is 1.05 bits per heavy atom. The van der Waals surface area contributed by atoms with Crippen molar-refractivity contribution in [2.75, 3.05) is 13.2 Å². The van der Waals surface area contributed by atoms with Gasteiger partial charge in [0.2, 0.25) is 5.91 Å². The van der Waals surface area contributed by atoms with Crippen molar-refractivity contribution in [3.8, 4) is 0 Å². The van der Waals surface area contributed by atoms with Crippen LogP contribution in [0.3, 0.4) is 0 Å². The van der Waals surface area contributed by atoms with Crippen molar-refractivity contribution in [1.29, 1.82) is 0 Å². The molecule has 4 heteroatoms. The molecular weight excluding hydrogens is 242 g/mol. The number of hydrogen-bond donors (Lipinski definition) is 1. The molecule has 19 heavy (non-hydrogen) atoms. The van der Waals surface area contributed by atoms with Crippen LogP contribution in [-0.2, 0) is 14.3 Å². The molecule has 0 aromatic heterocycles. The highest BCUT2D eigenvalue weighted by Crippen LogP contribution is 2.11. The van der Waals surface area contributed by atoms with E-state index in [1.54, 1.807) is 6.92 Å². The molecule has 0 saturated heterocycles. The predicted molar refractivity (Wildman–Crippen MR) is 78.8 cm³/mol. The summed E-state index contributed by atoms with van der Waals surface area (Å²) in [6, 6.07) is 0. The highest BCUT2D eigenvalue weighted by molar-refractivity contribution is 5.88. The van der Waals surface area contributed by atoms with Crippen LogP contribution in [0.25, 0.3) is 0 Å². The fourth-order valence-corrected chi connectivity index (χ4v) is 0.886. The van der Waals surface area contributed by atoms with Crippen molar-refractivity contribution in [3.05, 3.63) is 11.1 Å². The van der Waals surface area contributed by atoms with Gasteiger partial charge < -0.3 is 10.1 Å². The summed E-state index contributed by atoms with van der Waals surface area (Å²) < 4.78 is 5.02. The molecule has 0 unspecified atom stereocenters. The Balaban J connectivity index is 0. The summed E-state index contributed by atoms with van der Waals surface area (Å²) in [5.41, 5.74) is 1.14. The molecule has 0 aromatic carbocycles. The third-order valence-electron chi connectivity index (χ3n) is 2.36. The van der Waals surface area contributed by atoms with E-state index in [0.29, 0.717) is 12.1 Å². The molecular formula is C15H29NO3. The lowest BCUT2D eigenvalue weighted by Crippen LogP contribution is -2.37. The molecule has 1 amide bonds. The van der Waals surface area contributed by atoms with Gasteiger partial charge in [0.1, 0.15) is 6.61 Å². The first kappa shape index (κ1) is 20.0. The van der Waals surface area contributed by atoms with Gasteiger partial charge in [0, 0.05) is 11.0 Å². The summed E-state index contributed by atoms with van der Waals surface area (Å²) in [4.78, 5) is 22.9. The van der Waals surface area contributed by atoms with E-state index in [1.165, 1.54) is 0 Å². The summed E-state index contributed by atoms with van der Waals surface area (Å²) in [5, 5.41) is 2.71. The highest BCUT2D eigenvalue weighted by atomic mass is 16.5. The normalized spacial score (nSPS) is 9.89. The van der Waals surface area contributed by atoms with Gasteiger partial charge >= 0.3 is 5.97 Å². The Kier molecular flexibility index (Phi) is 10.1. The van der Waals surface area contributed by atoms with Crippen LogP contribution in [0.4, 0.5) is 0 Å². The van der Waals surface area contributed by atoms with Crippen LogP contribution in [0.5, 0.6) is 0 Å². The first-order valence-electron chi connectivity index (χ1n) is 6.75. The quantitative estimate of drug-likeness (QED) is 0.485. The molecule has 0 aliphatic carbocycles. The van der Waals surface area contributed by atoms with Gasteiger partial charge in [-0.25, -0.2) is 4.79 Å². The molecule has 112 valence electrons. The first-order valence-corrected chi connectivity index (χ1v) is 6.75. The lowest BCUT2D eigenvalue weighted by molar-refractivity contribution is -0.139. The van der Waals surface area contributed by atoms with Crippen molar-refractivity contribution in [1.82, 2.24) is 5.32 Å². The van der Waals surface area contributed by atoms with E-state index in [2.05, 4.69) is 5.32 Å². The molecule has 0 saturated carbocycles. The van der Waals surface area contributed by atoms with E-state index in [4.69, 9.17) is 4.74 Å². The van der Waals surface area contributed by atoms with E-state index in [0.717, 1.165) is 5.57 Å². The second-order valence-corrected chi connectivity index (χ2v) is 5.27. The van der Waals surface area contributed by atoms with Crippen LogP contribution in [-0.4, -0.2) is 25.0 Å². The fraction of sp³-hybridized carbons (Fsp3) is 0.733. The molecule has 0 spiro atoms. The van der Waals surface area contributed by atoms with Gasteiger partial charge in [-0.2, -0.15) is 0 Å². The Morgan fingerprint density at radius 2 is 1.53 bits per heavy atom. The largest absolute Gasteiger partial charge is 0.460 e. The van der Waals surface area contributed by atoms with Gasteiger partial charge in [0.25, 0.3) is 0 Å². The molecule has 0 radical (unpaired) electrons. The average molecular weight is 271 g/mol. The first-order chi connectivity index (χ1) is 8.66. The molecule has 0 aliphatic rings. The molecule has 0 atom stereocenters. The molecule has 0 heterocycles. The summed E-state index contributed by atoms with van der Waals surface area (Å²) in [7, 11) is 0. The maximum absolute atomic E-state index is 11.5. The van der Waals surface area contributed by atoms with Gasteiger partial charge in [0.05, 0.1) is 6.54 Å². The van der Waals surface area contributed by atoms with Crippen molar-refractivity contribution < 1.29 is 14.3 Å². The monoisotopic (exact) mass is 271 g/mol. The second-order valence-electron chi connectivity index (χ2n) is 5.27. The number of esters is 1. The number of ether oxygens (including phenoxy) is 1. The minimum Gasteiger partial charge on any atom is -0.460 e. The highest BCUT2D eigenvalue weighted by Gasteiger charge is 2.20. The van der Waals surface area contributed by atoms with Crippen LogP contribution >= 0.6 is 0 Å². The van der Waals surface area contributed by atoms with Gasteiger partial charge in [-0.15, -0.1) is 0 Å². The number of amides is 1. The third kappa shape index (κ3) is 9.28. The Bertz CT molecular complexity index is 321. The van der Waals surface area contributed by atoms with Crippen molar-refractivity contribution in [2.24, 2.45) is 5.41 Å². The number of rotatable bonds is 4. The van der Waals surface area contributed by atoms with Crippen LogP contribution in [0.15, 0.2) is 11.1 Å². The van der Waals surface area contributed by atoms with E-state index in [1.807, 2.05) is 48.5 Å². The van der Waals surface area contributed by atoms with E-state index < -0.39 is 5.41 Å². The molecule has 0 bridgehead atoms. The Hall–Kier alpha value is -1.32. The Labute approximate surface area is 117 Å². The fourth-order valence-electron chi connectivity index (χ4n) is 0.886. The van der Waals surface area contributed by atoms with E-state index in [-0.39, 0.29) is 18.5 Å². The van der Waals surface area contributed by atoms with Crippen LogP contribution < -0.4 is 5.32 Å². The second kappa shape index (κ2) is 9.59. The number of carbonyl (C=O) groups is 2. The van der Waals surface area contributed by atoms with Crippen molar-refractivity contribution >= 4 is 11.9 Å². The lowest BCUT2D eigenvalue weighted by atomic mass is 9.96. The van der Waals surface area contributed by atoms with Crippen LogP contribution in [0.1, 0.15) is 55.4 Å². The summed E-state index contributed by atoms with van der Waals surface area (Å²) in [5.74, 6) is -0.373. The number of allylic oxidation sites excluding steroid dienone is 1. The minimum atomic E-state index is -0.417. The molecule has 0 aliphatic heterocycles. The summed E-state index contributed by atoms with van der Waals surface area (Å²) in [6.45, 7) is 15.5. The van der Waals surface area contributed by atoms with Gasteiger partial charge in [-0.3, -0.25) is 4.79 Å². The molecule has 1 N–H and O–H groups in total. The number of carbonyl (C=O) groups excluding carboxylic acids is 2. The smallest absolute Gasteiger partial charge is 0.333 e. The zero-order chi connectivity index (χ0) is 15.6. The minimum absolute atomic E-state index is 0.0486. The molecule has 4 nitrogen and oxygen atoms in total. The van der Waals surface area contributed by atoms with Crippen LogP contribution in [0.2, 0.25) is 0 Å². The van der Waals surface area contributed by atoms with Crippen molar-refractivity contribution in [2.45, 2.75) is 55.4 Å². The molecule has 0 aromatic rings. The van der Waals surface area contributed by atoms with Gasteiger partial charge in [-0.1, -0.05) is 40.2 Å². The number of nitrogens with one attached hydrogen (secondary N) is 1. The predicted octanol–water partition coefficient (Wildman–Crippen LogP) is 3.07. The number of hydrogen-bond acceptors (Lipinski definition) is 3. The average Bonchev–Trinajstić information content (AvgIpc) is 2.34. The maximum Gasteiger partial charge on any atom is 0.333 e. The standard InChI is InChI=1S/C13H23NO3.C2H6/c1-9(2)10(3)11(15)17-8-7-14-12(16)13(4,5)6;1-2/h7-8H2,1-6H3,(H,14,16);1-2H3. The van der Waals surface area contributed by atoms with Gasteiger partial charge in [0.15, 0.2) is 0 Å². The van der Waals surface area contributed by atoms with E-state index >= 15 is 0 Å². The van der Waals surface area contributed by atoms with E-state index in [9.17, 15) is 9.59 Å². The SMILES string of the molecule is CC.CC(C)=C(C)C(=O)OCCNC(=O)C(C)(C)C. The van der Waals surface area contributed by atoms with Gasteiger partial charge in [-0.05, 0) is 20.8 Å². The molecule has 0 fully saturated rings. The molecule has 0 rings (SSSR count). The zero-order valence-electron chi connectivity index (χ0n) is 13.6. The maximum atomic E-state index is 11.5. The topological polar surface area (TPSA) is 55.4 Å². The summed E-state index contributed by atoms with van der Waals surface area (Å²) >= 11 is 0. The Morgan fingerprint density at radius 3 is 1.89 bits per heavy atom. The van der Waals surface area contributed by atoms with Crippen molar-refractivity contribution in [3.63, 3.8) is 0 Å². The van der Waals surface area contributed by atoms with Crippen LogP contribution in [0, 0.1) is 5.41 Å². The lowest BCUT2D eigenvalue weighted by Gasteiger charge is -2.17.